The van der Waals surface area contributed by atoms with Crippen LogP contribution in [0.25, 0.3) is 0 Å². The van der Waals surface area contributed by atoms with E-state index in [9.17, 15) is 4.79 Å². The van der Waals surface area contributed by atoms with E-state index in [1.165, 1.54) is 0 Å². The van der Waals surface area contributed by atoms with Crippen LogP contribution in [-0.2, 0) is 17.9 Å². The number of hydrogen-bond acceptors (Lipinski definition) is 3. The van der Waals surface area contributed by atoms with Crippen molar-refractivity contribution in [3.63, 3.8) is 0 Å². The normalized spacial score (nSPS) is 12.4. The van der Waals surface area contributed by atoms with Gasteiger partial charge >= 0.3 is 0 Å². The second kappa shape index (κ2) is 6.76. The number of hydrogen-bond donors (Lipinski definition) is 1. The summed E-state index contributed by atoms with van der Waals surface area (Å²) in [5, 5.41) is 11.9. The summed E-state index contributed by atoms with van der Waals surface area (Å²) in [5.74, 6) is -0.0160. The molecule has 1 amide bonds. The summed E-state index contributed by atoms with van der Waals surface area (Å²) in [5.41, 5.74) is 2.14. The molecule has 0 fully saturated rings. The molecular formula is C14H20ClN5O. The largest absolute Gasteiger partial charge is 0.349 e. The van der Waals surface area contributed by atoms with Crippen LogP contribution in [0, 0.1) is 6.92 Å². The van der Waals surface area contributed by atoms with Gasteiger partial charge in [0, 0.05) is 37.0 Å². The van der Waals surface area contributed by atoms with Gasteiger partial charge in [-0.1, -0.05) is 11.6 Å². The Labute approximate surface area is 129 Å². The molecule has 114 valence electrons. The van der Waals surface area contributed by atoms with Crippen LogP contribution in [0.5, 0.6) is 0 Å². The lowest BCUT2D eigenvalue weighted by Crippen LogP contribution is -2.27. The third-order valence-corrected chi connectivity index (χ3v) is 3.65. The first-order valence-electron chi connectivity index (χ1n) is 7.01. The number of aryl methyl sites for hydroxylation is 2. The van der Waals surface area contributed by atoms with E-state index in [1.54, 1.807) is 17.1 Å². The Balaban J connectivity index is 1.88. The highest BCUT2D eigenvalue weighted by atomic mass is 35.5. The van der Waals surface area contributed by atoms with E-state index in [0.717, 1.165) is 17.8 Å². The third-order valence-electron chi connectivity index (χ3n) is 3.45. The lowest BCUT2D eigenvalue weighted by atomic mass is 10.1. The minimum absolute atomic E-state index is 0.0160. The predicted octanol–water partition coefficient (Wildman–Crippen LogP) is 2.33. The molecule has 0 radical (unpaired) electrons. The Morgan fingerprint density at radius 2 is 2.19 bits per heavy atom. The third kappa shape index (κ3) is 3.85. The molecule has 1 atom stereocenters. The number of halogens is 1. The summed E-state index contributed by atoms with van der Waals surface area (Å²) < 4.78 is 3.58. The Bertz CT molecular complexity index is 619. The van der Waals surface area contributed by atoms with E-state index in [1.807, 2.05) is 31.6 Å². The van der Waals surface area contributed by atoms with Crippen LogP contribution in [0.15, 0.2) is 18.6 Å². The van der Waals surface area contributed by atoms with Gasteiger partial charge in [0.25, 0.3) is 0 Å². The van der Waals surface area contributed by atoms with E-state index in [2.05, 4.69) is 15.5 Å². The van der Waals surface area contributed by atoms with Gasteiger partial charge in [0.15, 0.2) is 0 Å². The van der Waals surface area contributed by atoms with Crippen LogP contribution in [0.3, 0.4) is 0 Å². The molecule has 7 heteroatoms. The maximum absolute atomic E-state index is 12.0. The number of carbonyl (C=O) groups is 1. The van der Waals surface area contributed by atoms with Gasteiger partial charge in [0.1, 0.15) is 0 Å². The maximum Gasteiger partial charge on any atom is 0.222 e. The average Bonchev–Trinajstić information content (AvgIpc) is 3.02. The van der Waals surface area contributed by atoms with E-state index in [4.69, 9.17) is 11.6 Å². The number of nitrogens with zero attached hydrogens (tertiary/aromatic N) is 4. The standard InChI is InChI=1S/C14H20ClN5O/c1-4-20-11(3)13(8-17-20)10(2)18-14(21)5-6-19-9-12(15)7-16-19/h7-10H,4-6H2,1-3H3,(H,18,21). The first kappa shape index (κ1) is 15.6. The Morgan fingerprint density at radius 3 is 2.76 bits per heavy atom. The molecule has 6 nitrogen and oxygen atoms in total. The van der Waals surface area contributed by atoms with Crippen molar-refractivity contribution in [3.8, 4) is 0 Å². The zero-order valence-electron chi connectivity index (χ0n) is 12.5. The molecule has 0 aliphatic carbocycles. The lowest BCUT2D eigenvalue weighted by Gasteiger charge is -2.14. The summed E-state index contributed by atoms with van der Waals surface area (Å²) in [6.07, 6.45) is 5.44. The highest BCUT2D eigenvalue weighted by Gasteiger charge is 2.15. The molecule has 0 saturated heterocycles. The molecule has 2 aromatic heterocycles. The summed E-state index contributed by atoms with van der Waals surface area (Å²) >= 11 is 5.78. The topological polar surface area (TPSA) is 64.7 Å². The number of nitrogens with one attached hydrogen (secondary N) is 1. The molecule has 21 heavy (non-hydrogen) atoms. The lowest BCUT2D eigenvalue weighted by molar-refractivity contribution is -0.122. The zero-order valence-corrected chi connectivity index (χ0v) is 13.3. The average molecular weight is 310 g/mol. The highest BCUT2D eigenvalue weighted by molar-refractivity contribution is 6.30. The fourth-order valence-corrected chi connectivity index (χ4v) is 2.43. The minimum Gasteiger partial charge on any atom is -0.349 e. The monoisotopic (exact) mass is 309 g/mol. The first-order valence-corrected chi connectivity index (χ1v) is 7.38. The zero-order chi connectivity index (χ0) is 15.4. The van der Waals surface area contributed by atoms with Gasteiger partial charge in [-0.3, -0.25) is 14.2 Å². The molecule has 0 bridgehead atoms. The van der Waals surface area contributed by atoms with Crippen molar-refractivity contribution in [2.24, 2.45) is 0 Å². The maximum atomic E-state index is 12.0. The van der Waals surface area contributed by atoms with Crippen LogP contribution >= 0.6 is 11.6 Å². The fourth-order valence-electron chi connectivity index (χ4n) is 2.27. The van der Waals surface area contributed by atoms with Crippen molar-refractivity contribution in [1.29, 1.82) is 0 Å². The first-order chi connectivity index (χ1) is 10.0. The van der Waals surface area contributed by atoms with Gasteiger partial charge in [-0.2, -0.15) is 10.2 Å². The smallest absolute Gasteiger partial charge is 0.222 e. The molecule has 0 aliphatic heterocycles. The summed E-state index contributed by atoms with van der Waals surface area (Å²) in [7, 11) is 0. The van der Waals surface area contributed by atoms with Crippen LogP contribution < -0.4 is 5.32 Å². The number of carbonyl (C=O) groups excluding carboxylic acids is 1. The predicted molar refractivity (Wildman–Crippen MR) is 81.0 cm³/mol. The summed E-state index contributed by atoms with van der Waals surface area (Å²) in [6, 6.07) is -0.0565. The number of rotatable bonds is 6. The second-order valence-corrected chi connectivity index (χ2v) is 5.40. The van der Waals surface area contributed by atoms with E-state index >= 15 is 0 Å². The fraction of sp³-hybridized carbons (Fsp3) is 0.500. The quantitative estimate of drug-likeness (QED) is 0.890. The van der Waals surface area contributed by atoms with Crippen molar-refractivity contribution < 1.29 is 4.79 Å². The highest BCUT2D eigenvalue weighted by Crippen LogP contribution is 2.16. The molecule has 0 aromatic carbocycles. The molecule has 1 unspecified atom stereocenters. The Kier molecular flexibility index (Phi) is 5.01. The molecule has 1 N–H and O–H groups in total. The van der Waals surface area contributed by atoms with Crippen molar-refractivity contribution in [3.05, 3.63) is 34.9 Å². The second-order valence-electron chi connectivity index (χ2n) is 4.96. The minimum atomic E-state index is -0.0565. The number of aromatic nitrogens is 4. The van der Waals surface area contributed by atoms with Crippen molar-refractivity contribution >= 4 is 17.5 Å². The van der Waals surface area contributed by atoms with Crippen molar-refractivity contribution in [2.75, 3.05) is 0 Å². The Hall–Kier alpha value is -1.82. The van der Waals surface area contributed by atoms with Crippen LogP contribution in [0.2, 0.25) is 5.02 Å². The Morgan fingerprint density at radius 1 is 1.43 bits per heavy atom. The van der Waals surface area contributed by atoms with Crippen LogP contribution in [-0.4, -0.2) is 25.5 Å². The van der Waals surface area contributed by atoms with Crippen LogP contribution in [0.4, 0.5) is 0 Å². The molecule has 2 rings (SSSR count). The molecular weight excluding hydrogens is 290 g/mol. The summed E-state index contributed by atoms with van der Waals surface area (Å²) in [6.45, 7) is 7.36. The molecule has 0 spiro atoms. The van der Waals surface area contributed by atoms with E-state index in [-0.39, 0.29) is 11.9 Å². The van der Waals surface area contributed by atoms with Crippen LogP contribution in [0.1, 0.15) is 37.6 Å². The molecule has 0 saturated carbocycles. The SMILES string of the molecule is CCn1ncc(C(C)NC(=O)CCn2cc(Cl)cn2)c1C. The van der Waals surface area contributed by atoms with E-state index in [0.29, 0.717) is 18.0 Å². The van der Waals surface area contributed by atoms with Gasteiger partial charge in [0.05, 0.1) is 23.5 Å². The van der Waals surface area contributed by atoms with Gasteiger partial charge in [-0.15, -0.1) is 0 Å². The van der Waals surface area contributed by atoms with Gasteiger partial charge in [-0.05, 0) is 20.8 Å². The molecule has 2 aromatic rings. The summed E-state index contributed by atoms with van der Waals surface area (Å²) in [4.78, 5) is 12.0. The molecule has 2 heterocycles. The van der Waals surface area contributed by atoms with Crippen molar-refractivity contribution in [2.45, 2.75) is 46.3 Å². The van der Waals surface area contributed by atoms with Gasteiger partial charge < -0.3 is 5.32 Å². The van der Waals surface area contributed by atoms with Gasteiger partial charge in [-0.25, -0.2) is 0 Å². The molecule has 0 aliphatic rings. The number of amides is 1. The van der Waals surface area contributed by atoms with E-state index < -0.39 is 0 Å². The van der Waals surface area contributed by atoms with Crippen molar-refractivity contribution in [1.82, 2.24) is 24.9 Å². The van der Waals surface area contributed by atoms with Gasteiger partial charge in [0.2, 0.25) is 5.91 Å².